The lowest BCUT2D eigenvalue weighted by molar-refractivity contribution is -0.140. The van der Waals surface area contributed by atoms with Crippen molar-refractivity contribution >= 4 is 41.3 Å². The molecule has 0 amide bonds. The first-order valence-corrected chi connectivity index (χ1v) is 8.83. The van der Waals surface area contributed by atoms with Gasteiger partial charge in [-0.1, -0.05) is 30.3 Å². The minimum Gasteiger partial charge on any atom is -0.357 e. The Labute approximate surface area is 172 Å². The summed E-state index contributed by atoms with van der Waals surface area (Å²) in [6.07, 6.45) is -4.00. The first-order valence-electron chi connectivity index (χ1n) is 7.95. The van der Waals surface area contributed by atoms with E-state index in [-0.39, 0.29) is 24.0 Å². The SMILES string of the molecule is CCNC(=NCCc1nc(C(F)(F)F)cs1)N(C)Cc1ccccc1.I. The second-order valence-electron chi connectivity index (χ2n) is 5.45. The van der Waals surface area contributed by atoms with Crippen LogP contribution in [0.5, 0.6) is 0 Å². The summed E-state index contributed by atoms with van der Waals surface area (Å²) in [5.41, 5.74) is 0.329. The largest absolute Gasteiger partial charge is 0.434 e. The van der Waals surface area contributed by atoms with Crippen LogP contribution in [-0.2, 0) is 19.1 Å². The highest BCUT2D eigenvalue weighted by Gasteiger charge is 2.33. The van der Waals surface area contributed by atoms with E-state index in [0.29, 0.717) is 31.1 Å². The van der Waals surface area contributed by atoms with Gasteiger partial charge in [0.05, 0.1) is 5.01 Å². The Morgan fingerprint density at radius 2 is 1.96 bits per heavy atom. The summed E-state index contributed by atoms with van der Waals surface area (Å²) in [4.78, 5) is 10.1. The van der Waals surface area contributed by atoms with Crippen LogP contribution in [0.15, 0.2) is 40.7 Å². The normalized spacial score (nSPS) is 11.8. The summed E-state index contributed by atoms with van der Waals surface area (Å²) < 4.78 is 37.7. The van der Waals surface area contributed by atoms with Crippen molar-refractivity contribution in [2.45, 2.75) is 26.1 Å². The number of hydrogen-bond acceptors (Lipinski definition) is 3. The van der Waals surface area contributed by atoms with Crippen LogP contribution in [0, 0.1) is 0 Å². The quantitative estimate of drug-likeness (QED) is 0.364. The lowest BCUT2D eigenvalue weighted by atomic mass is 10.2. The number of guanidine groups is 1. The van der Waals surface area contributed by atoms with Gasteiger partial charge in [0.15, 0.2) is 11.7 Å². The molecule has 1 N–H and O–H groups in total. The molecule has 1 aromatic heterocycles. The van der Waals surface area contributed by atoms with Crippen molar-refractivity contribution in [3.8, 4) is 0 Å². The molecular formula is C17H22F3IN4S. The number of aliphatic imine (C=N–C) groups is 1. The highest BCUT2D eigenvalue weighted by atomic mass is 127. The van der Waals surface area contributed by atoms with Gasteiger partial charge in [0.25, 0.3) is 0 Å². The predicted molar refractivity (Wildman–Crippen MR) is 110 cm³/mol. The third-order valence-corrected chi connectivity index (χ3v) is 4.30. The molecule has 0 aliphatic rings. The van der Waals surface area contributed by atoms with Crippen molar-refractivity contribution < 1.29 is 13.2 Å². The number of thiazole rings is 1. The molecule has 0 unspecified atom stereocenters. The third-order valence-electron chi connectivity index (χ3n) is 3.39. The van der Waals surface area contributed by atoms with Gasteiger partial charge in [-0.2, -0.15) is 13.2 Å². The van der Waals surface area contributed by atoms with Gasteiger partial charge in [-0.15, -0.1) is 35.3 Å². The molecule has 1 heterocycles. The molecule has 26 heavy (non-hydrogen) atoms. The molecule has 2 rings (SSSR count). The number of halogens is 4. The Morgan fingerprint density at radius 1 is 1.27 bits per heavy atom. The maximum absolute atomic E-state index is 12.6. The third kappa shape index (κ3) is 7.10. The first-order chi connectivity index (χ1) is 11.9. The number of alkyl halides is 3. The maximum atomic E-state index is 12.6. The summed E-state index contributed by atoms with van der Waals surface area (Å²) in [7, 11) is 1.93. The van der Waals surface area contributed by atoms with Crippen LogP contribution >= 0.6 is 35.3 Å². The van der Waals surface area contributed by atoms with E-state index in [9.17, 15) is 13.2 Å². The Kier molecular flexibility index (Phi) is 9.34. The fraction of sp³-hybridized carbons (Fsp3) is 0.412. The second kappa shape index (κ2) is 10.7. The van der Waals surface area contributed by atoms with Gasteiger partial charge in [-0.25, -0.2) is 4.98 Å². The van der Waals surface area contributed by atoms with Crippen molar-refractivity contribution in [2.24, 2.45) is 4.99 Å². The molecule has 0 radical (unpaired) electrons. The van der Waals surface area contributed by atoms with Crippen molar-refractivity contribution in [2.75, 3.05) is 20.1 Å². The lowest BCUT2D eigenvalue weighted by Gasteiger charge is -2.22. The summed E-state index contributed by atoms with van der Waals surface area (Å²) in [5, 5.41) is 4.69. The van der Waals surface area contributed by atoms with E-state index >= 15 is 0 Å². The fourth-order valence-corrected chi connectivity index (χ4v) is 3.01. The number of nitrogens with zero attached hydrogens (tertiary/aromatic N) is 3. The summed E-state index contributed by atoms with van der Waals surface area (Å²) in [6.45, 7) is 3.77. The topological polar surface area (TPSA) is 40.5 Å². The van der Waals surface area contributed by atoms with Crippen LogP contribution in [0.25, 0.3) is 0 Å². The van der Waals surface area contributed by atoms with E-state index in [2.05, 4.69) is 15.3 Å². The van der Waals surface area contributed by atoms with E-state index in [4.69, 9.17) is 0 Å². The minimum absolute atomic E-state index is 0. The van der Waals surface area contributed by atoms with E-state index in [1.54, 1.807) is 0 Å². The molecule has 144 valence electrons. The summed E-state index contributed by atoms with van der Waals surface area (Å²) in [6, 6.07) is 10.00. The van der Waals surface area contributed by atoms with Crippen molar-refractivity contribution in [1.29, 1.82) is 0 Å². The average molecular weight is 498 g/mol. The Balaban J connectivity index is 0.00000338. The molecule has 0 saturated heterocycles. The van der Waals surface area contributed by atoms with Gasteiger partial charge in [-0.3, -0.25) is 4.99 Å². The van der Waals surface area contributed by atoms with Gasteiger partial charge in [0.2, 0.25) is 0 Å². The van der Waals surface area contributed by atoms with E-state index in [1.807, 2.05) is 49.2 Å². The Morgan fingerprint density at radius 3 is 2.54 bits per heavy atom. The second-order valence-corrected chi connectivity index (χ2v) is 6.39. The van der Waals surface area contributed by atoms with E-state index in [1.165, 1.54) is 0 Å². The zero-order chi connectivity index (χ0) is 18.3. The van der Waals surface area contributed by atoms with Crippen LogP contribution in [0.4, 0.5) is 13.2 Å². The highest BCUT2D eigenvalue weighted by molar-refractivity contribution is 14.0. The van der Waals surface area contributed by atoms with Gasteiger partial charge in [0, 0.05) is 38.5 Å². The fourth-order valence-electron chi connectivity index (χ4n) is 2.22. The molecule has 4 nitrogen and oxygen atoms in total. The molecule has 1 aromatic carbocycles. The van der Waals surface area contributed by atoms with Crippen molar-refractivity contribution in [3.05, 3.63) is 52.0 Å². The molecule has 2 aromatic rings. The predicted octanol–water partition coefficient (Wildman–Crippen LogP) is 4.42. The molecule has 0 atom stereocenters. The first kappa shape index (κ1) is 22.7. The zero-order valence-corrected chi connectivity index (χ0v) is 17.7. The van der Waals surface area contributed by atoms with Gasteiger partial charge in [-0.05, 0) is 12.5 Å². The standard InChI is InChI=1S/C17H21F3N4S.HI/c1-3-21-16(24(2)11-13-7-5-4-6-8-13)22-10-9-15-23-14(12-25-15)17(18,19)20;/h4-8,12H,3,9-11H2,1-2H3,(H,21,22);1H. The molecule has 9 heteroatoms. The highest BCUT2D eigenvalue weighted by Crippen LogP contribution is 2.30. The van der Waals surface area contributed by atoms with Crippen LogP contribution in [-0.4, -0.2) is 36.0 Å². The lowest BCUT2D eigenvalue weighted by Crippen LogP contribution is -2.38. The smallest absolute Gasteiger partial charge is 0.357 e. The molecule has 0 aliphatic heterocycles. The number of rotatable bonds is 6. The average Bonchev–Trinajstić information content (AvgIpc) is 3.04. The molecule has 0 saturated carbocycles. The number of aromatic nitrogens is 1. The molecule has 0 spiro atoms. The van der Waals surface area contributed by atoms with Gasteiger partial charge >= 0.3 is 6.18 Å². The Hall–Kier alpha value is -1.36. The van der Waals surface area contributed by atoms with Crippen LogP contribution in [0.1, 0.15) is 23.2 Å². The molecular weight excluding hydrogens is 476 g/mol. The minimum atomic E-state index is -4.39. The zero-order valence-electron chi connectivity index (χ0n) is 14.6. The number of benzene rings is 1. The number of nitrogens with one attached hydrogen (secondary N) is 1. The van der Waals surface area contributed by atoms with Crippen LogP contribution in [0.2, 0.25) is 0 Å². The molecule has 0 bridgehead atoms. The monoisotopic (exact) mass is 498 g/mol. The number of hydrogen-bond donors (Lipinski definition) is 1. The molecule has 0 aliphatic carbocycles. The summed E-state index contributed by atoms with van der Waals surface area (Å²) >= 11 is 1.02. The van der Waals surface area contributed by atoms with Gasteiger partial charge < -0.3 is 10.2 Å². The van der Waals surface area contributed by atoms with Crippen molar-refractivity contribution in [3.63, 3.8) is 0 Å². The summed E-state index contributed by atoms with van der Waals surface area (Å²) in [5.74, 6) is 0.721. The maximum Gasteiger partial charge on any atom is 0.434 e. The van der Waals surface area contributed by atoms with Gasteiger partial charge in [0.1, 0.15) is 0 Å². The van der Waals surface area contributed by atoms with Crippen LogP contribution in [0.3, 0.4) is 0 Å². The van der Waals surface area contributed by atoms with Crippen LogP contribution < -0.4 is 5.32 Å². The Bertz CT molecular complexity index is 689. The van der Waals surface area contributed by atoms with E-state index < -0.39 is 11.9 Å². The molecule has 0 fully saturated rings. The van der Waals surface area contributed by atoms with E-state index in [0.717, 1.165) is 28.2 Å². The van der Waals surface area contributed by atoms with Crippen molar-refractivity contribution in [1.82, 2.24) is 15.2 Å².